The Balaban J connectivity index is 3.30. The molecule has 0 amide bonds. The minimum Gasteiger partial charge on any atom is -0.468 e. The van der Waals surface area contributed by atoms with Crippen LogP contribution in [0.15, 0.2) is 29.1 Å². The van der Waals surface area contributed by atoms with Crippen molar-refractivity contribution in [3.05, 3.63) is 23.9 Å². The lowest BCUT2D eigenvalue weighted by Gasteiger charge is -2.36. The van der Waals surface area contributed by atoms with Crippen molar-refractivity contribution in [3.8, 4) is 0 Å². The molecule has 0 aromatic carbocycles. The van der Waals surface area contributed by atoms with Gasteiger partial charge in [0.05, 0.1) is 18.4 Å². The zero-order chi connectivity index (χ0) is 17.6. The van der Waals surface area contributed by atoms with Crippen LogP contribution in [0.1, 0.15) is 40.0 Å². The predicted molar refractivity (Wildman–Crippen MR) is 88.6 cm³/mol. The Labute approximate surface area is 137 Å². The van der Waals surface area contributed by atoms with Gasteiger partial charge in [0.15, 0.2) is 5.78 Å². The highest BCUT2D eigenvalue weighted by molar-refractivity contribution is 6.27. The van der Waals surface area contributed by atoms with Gasteiger partial charge in [-0.1, -0.05) is 45.0 Å². The lowest BCUT2D eigenvalue weighted by Crippen LogP contribution is -2.45. The number of carbonyl (C=O) groups excluding carboxylic acids is 2. The molecule has 0 aromatic heterocycles. The largest absolute Gasteiger partial charge is 0.468 e. The van der Waals surface area contributed by atoms with Crippen LogP contribution in [0.5, 0.6) is 0 Å². The highest BCUT2D eigenvalue weighted by Gasteiger charge is 2.48. The molecule has 0 aromatic rings. The van der Waals surface area contributed by atoms with Gasteiger partial charge in [-0.15, -0.1) is 0 Å². The maximum absolute atomic E-state index is 12.9. The monoisotopic (exact) mass is 322 g/mol. The summed E-state index contributed by atoms with van der Waals surface area (Å²) in [6, 6.07) is 0. The van der Waals surface area contributed by atoms with E-state index in [9.17, 15) is 9.59 Å². The van der Waals surface area contributed by atoms with Crippen molar-refractivity contribution >= 4 is 17.5 Å². The molecule has 1 aliphatic carbocycles. The first kappa shape index (κ1) is 18.9. The number of hydrogen-bond donors (Lipinski definition) is 1. The van der Waals surface area contributed by atoms with Crippen LogP contribution in [0.2, 0.25) is 0 Å². The Hall–Kier alpha value is -2.11. The van der Waals surface area contributed by atoms with Crippen LogP contribution in [0.25, 0.3) is 0 Å². The van der Waals surface area contributed by atoms with Gasteiger partial charge in [0.1, 0.15) is 12.5 Å². The van der Waals surface area contributed by atoms with Gasteiger partial charge >= 0.3 is 5.97 Å². The van der Waals surface area contributed by atoms with Gasteiger partial charge in [-0.05, 0) is 18.3 Å². The molecule has 0 radical (unpaired) electrons. The Morgan fingerprint density at radius 3 is 2.70 bits per heavy atom. The summed E-state index contributed by atoms with van der Waals surface area (Å²) < 4.78 is 4.81. The summed E-state index contributed by atoms with van der Waals surface area (Å²) >= 11 is 0. The number of carbonyl (C=O) groups is 2. The number of esters is 1. The van der Waals surface area contributed by atoms with E-state index in [1.807, 2.05) is 20.8 Å². The zero-order valence-corrected chi connectivity index (χ0v) is 14.3. The fraction of sp³-hybridized carbons (Fsp3) is 0.588. The molecule has 1 aliphatic rings. The highest BCUT2D eigenvalue weighted by atomic mass is 16.6. The molecule has 23 heavy (non-hydrogen) atoms. The molecule has 6 nitrogen and oxygen atoms in total. The summed E-state index contributed by atoms with van der Waals surface area (Å²) in [4.78, 5) is 30.1. The highest BCUT2D eigenvalue weighted by Crippen LogP contribution is 2.41. The fourth-order valence-electron chi connectivity index (χ4n) is 2.83. The van der Waals surface area contributed by atoms with E-state index in [0.717, 1.165) is 6.42 Å². The van der Waals surface area contributed by atoms with Gasteiger partial charge in [0.25, 0.3) is 0 Å². The third kappa shape index (κ3) is 4.21. The molecule has 2 N–H and O–H groups in total. The van der Waals surface area contributed by atoms with Crippen LogP contribution < -0.4 is 5.73 Å². The summed E-state index contributed by atoms with van der Waals surface area (Å²) in [5.74, 6) is -1.79. The van der Waals surface area contributed by atoms with Gasteiger partial charge in [-0.25, -0.2) is 0 Å². The van der Waals surface area contributed by atoms with Crippen LogP contribution in [-0.4, -0.2) is 31.2 Å². The third-order valence-corrected chi connectivity index (χ3v) is 3.84. The number of ether oxygens (including phenoxy) is 1. The van der Waals surface area contributed by atoms with Gasteiger partial charge < -0.3 is 15.3 Å². The van der Waals surface area contributed by atoms with E-state index in [1.54, 1.807) is 6.08 Å². The first-order valence-corrected chi connectivity index (χ1v) is 7.70. The standard InChI is InChI=1S/C17H26N2O4/c1-6-8-12(19-23-9-7-2)13-11(18)10-17(3,4)14(15(13)20)16(21)22-5/h7,14H,2,6,8-10,18H2,1,3-5H3. The van der Waals surface area contributed by atoms with Gasteiger partial charge in [-0.2, -0.15) is 0 Å². The van der Waals surface area contributed by atoms with Crippen LogP contribution in [0, 0.1) is 11.3 Å². The van der Waals surface area contributed by atoms with Gasteiger partial charge in [0, 0.05) is 5.70 Å². The van der Waals surface area contributed by atoms with Gasteiger partial charge in [0.2, 0.25) is 0 Å². The second kappa shape index (κ2) is 7.94. The molecule has 0 saturated carbocycles. The predicted octanol–water partition coefficient (Wildman–Crippen LogP) is 2.35. The molecule has 0 spiro atoms. The average Bonchev–Trinajstić information content (AvgIpc) is 2.45. The smallest absolute Gasteiger partial charge is 0.317 e. The Bertz CT molecular complexity index is 547. The summed E-state index contributed by atoms with van der Waals surface area (Å²) in [6.07, 6.45) is 3.28. The second-order valence-electron chi connectivity index (χ2n) is 6.26. The Morgan fingerprint density at radius 1 is 1.52 bits per heavy atom. The fourth-order valence-corrected chi connectivity index (χ4v) is 2.83. The lowest BCUT2D eigenvalue weighted by molar-refractivity contribution is -0.153. The number of rotatable bonds is 7. The molecule has 1 unspecified atom stereocenters. The van der Waals surface area contributed by atoms with Crippen molar-refractivity contribution in [1.29, 1.82) is 0 Å². The van der Waals surface area contributed by atoms with E-state index in [2.05, 4.69) is 11.7 Å². The zero-order valence-electron chi connectivity index (χ0n) is 14.3. The summed E-state index contributed by atoms with van der Waals surface area (Å²) in [5.41, 5.74) is 6.74. The van der Waals surface area contributed by atoms with Crippen LogP contribution in [0.4, 0.5) is 0 Å². The number of nitrogens with zero attached hydrogens (tertiary/aromatic N) is 1. The number of ketones is 1. The molecule has 0 fully saturated rings. The molecule has 128 valence electrons. The quantitative estimate of drug-likeness (QED) is 0.194. The van der Waals surface area contributed by atoms with Crippen molar-refractivity contribution in [2.24, 2.45) is 22.2 Å². The van der Waals surface area contributed by atoms with Crippen molar-refractivity contribution in [1.82, 2.24) is 0 Å². The number of allylic oxidation sites excluding steroid dienone is 2. The van der Waals surface area contributed by atoms with E-state index < -0.39 is 17.3 Å². The first-order valence-electron chi connectivity index (χ1n) is 7.70. The molecule has 0 bridgehead atoms. The molecule has 0 saturated heterocycles. The molecular weight excluding hydrogens is 296 g/mol. The van der Waals surface area contributed by atoms with E-state index in [1.165, 1.54) is 7.11 Å². The maximum atomic E-state index is 12.9. The Morgan fingerprint density at radius 2 is 2.17 bits per heavy atom. The van der Waals surface area contributed by atoms with Crippen molar-refractivity contribution in [2.45, 2.75) is 40.0 Å². The SMILES string of the molecule is C=CCON=C(CCC)C1=C(N)CC(C)(C)C(C(=O)OC)C1=O. The van der Waals surface area contributed by atoms with Gasteiger partial charge in [-0.3, -0.25) is 9.59 Å². The van der Waals surface area contributed by atoms with E-state index >= 15 is 0 Å². The minimum atomic E-state index is -0.892. The van der Waals surface area contributed by atoms with E-state index in [-0.39, 0.29) is 12.4 Å². The topological polar surface area (TPSA) is 91.0 Å². The third-order valence-electron chi connectivity index (χ3n) is 3.84. The average molecular weight is 322 g/mol. The lowest BCUT2D eigenvalue weighted by atomic mass is 9.66. The number of Topliss-reactive ketones (excluding diaryl/α,β-unsaturated/α-hetero) is 1. The van der Waals surface area contributed by atoms with Crippen LogP contribution in [0.3, 0.4) is 0 Å². The second-order valence-corrected chi connectivity index (χ2v) is 6.26. The molecular formula is C17H26N2O4. The molecule has 6 heteroatoms. The molecule has 0 aliphatic heterocycles. The van der Waals surface area contributed by atoms with Crippen molar-refractivity contribution in [2.75, 3.05) is 13.7 Å². The van der Waals surface area contributed by atoms with Crippen LogP contribution in [-0.2, 0) is 19.2 Å². The number of hydrogen-bond acceptors (Lipinski definition) is 6. The van der Waals surface area contributed by atoms with E-state index in [0.29, 0.717) is 29.8 Å². The summed E-state index contributed by atoms with van der Waals surface area (Å²) in [7, 11) is 1.28. The number of oxime groups is 1. The normalized spacial score (nSPS) is 21.1. The maximum Gasteiger partial charge on any atom is 0.317 e. The molecule has 1 rings (SSSR count). The summed E-state index contributed by atoms with van der Waals surface area (Å²) in [5, 5.41) is 4.03. The minimum absolute atomic E-state index is 0.237. The molecule has 0 heterocycles. The van der Waals surface area contributed by atoms with Crippen molar-refractivity contribution < 1.29 is 19.2 Å². The molecule has 1 atom stereocenters. The first-order chi connectivity index (χ1) is 10.8. The van der Waals surface area contributed by atoms with Crippen molar-refractivity contribution in [3.63, 3.8) is 0 Å². The Kier molecular flexibility index (Phi) is 6.54. The van der Waals surface area contributed by atoms with E-state index in [4.69, 9.17) is 15.3 Å². The summed E-state index contributed by atoms with van der Waals surface area (Å²) in [6.45, 7) is 9.42. The number of methoxy groups -OCH3 is 1. The van der Waals surface area contributed by atoms with Crippen LogP contribution >= 0.6 is 0 Å². The number of nitrogens with two attached hydrogens (primary N) is 1.